The summed E-state index contributed by atoms with van der Waals surface area (Å²) in [5.74, 6) is -0.366. The normalized spacial score (nSPS) is 17.7. The quantitative estimate of drug-likeness (QED) is 0.610. The number of halogens is 1. The van der Waals surface area contributed by atoms with Gasteiger partial charge in [0.15, 0.2) is 0 Å². The van der Waals surface area contributed by atoms with Gasteiger partial charge in [0, 0.05) is 9.26 Å². The van der Waals surface area contributed by atoms with E-state index in [-0.39, 0.29) is 18.2 Å². The van der Waals surface area contributed by atoms with E-state index in [1.165, 1.54) is 10.5 Å². The Morgan fingerprint density at radius 3 is 2.43 bits per heavy atom. The number of aryl methyl sites for hydroxylation is 2. The van der Waals surface area contributed by atoms with Crippen LogP contribution in [0.1, 0.15) is 17.5 Å². The molecular formula is C18H17IN2O2. The van der Waals surface area contributed by atoms with Crippen molar-refractivity contribution in [2.24, 2.45) is 0 Å². The lowest BCUT2D eigenvalue weighted by Crippen LogP contribution is -2.34. The summed E-state index contributed by atoms with van der Waals surface area (Å²) in [4.78, 5) is 26.2. The Balaban J connectivity index is 1.82. The van der Waals surface area contributed by atoms with Crippen LogP contribution in [0.25, 0.3) is 0 Å². The Kier molecular flexibility index (Phi) is 4.39. The third kappa shape index (κ3) is 3.24. The number of hydrogen-bond acceptors (Lipinski definition) is 3. The smallest absolute Gasteiger partial charge is 0.256 e. The minimum absolute atomic E-state index is 0.168. The molecule has 1 heterocycles. The summed E-state index contributed by atoms with van der Waals surface area (Å²) in [6, 6.07) is 12.9. The van der Waals surface area contributed by atoms with Crippen LogP contribution in [0.4, 0.5) is 11.4 Å². The van der Waals surface area contributed by atoms with Gasteiger partial charge in [0.05, 0.1) is 12.1 Å². The molecule has 4 nitrogen and oxygen atoms in total. The van der Waals surface area contributed by atoms with Crippen molar-refractivity contribution in [3.8, 4) is 0 Å². The Morgan fingerprint density at radius 2 is 1.78 bits per heavy atom. The van der Waals surface area contributed by atoms with Crippen molar-refractivity contribution in [2.45, 2.75) is 26.3 Å². The van der Waals surface area contributed by atoms with Crippen molar-refractivity contribution in [1.82, 2.24) is 0 Å². The summed E-state index contributed by atoms with van der Waals surface area (Å²) >= 11 is 2.19. The summed E-state index contributed by atoms with van der Waals surface area (Å²) in [6.07, 6.45) is 0.179. The van der Waals surface area contributed by atoms with Gasteiger partial charge in [-0.2, -0.15) is 0 Å². The first-order valence-corrected chi connectivity index (χ1v) is 8.50. The molecule has 1 N–H and O–H groups in total. The van der Waals surface area contributed by atoms with Gasteiger partial charge in [-0.05, 0) is 72.3 Å². The van der Waals surface area contributed by atoms with Crippen molar-refractivity contribution >= 4 is 45.8 Å². The van der Waals surface area contributed by atoms with Gasteiger partial charge in [0.1, 0.15) is 6.04 Å². The van der Waals surface area contributed by atoms with Gasteiger partial charge in [-0.25, -0.2) is 4.90 Å². The second kappa shape index (κ2) is 6.31. The standard InChI is InChI=1S/C18H17IN2O2/c1-11-3-8-15(12(2)9-11)20-16-10-17(22)21(18(16)23)14-6-4-13(19)5-7-14/h3-9,16,20H,10H2,1-2H3/t16-/m1/s1. The number of imide groups is 1. The summed E-state index contributed by atoms with van der Waals surface area (Å²) in [5.41, 5.74) is 3.76. The van der Waals surface area contributed by atoms with Crippen LogP contribution in [0.3, 0.4) is 0 Å². The molecule has 2 aromatic carbocycles. The topological polar surface area (TPSA) is 49.4 Å². The molecule has 2 amide bonds. The van der Waals surface area contributed by atoms with E-state index in [2.05, 4.69) is 34.0 Å². The van der Waals surface area contributed by atoms with Crippen LogP contribution in [0.15, 0.2) is 42.5 Å². The molecule has 0 aromatic heterocycles. The lowest BCUT2D eigenvalue weighted by molar-refractivity contribution is -0.121. The molecule has 5 heteroatoms. The van der Waals surface area contributed by atoms with Gasteiger partial charge in [0.2, 0.25) is 5.91 Å². The van der Waals surface area contributed by atoms with Crippen LogP contribution in [-0.2, 0) is 9.59 Å². The third-order valence-electron chi connectivity index (χ3n) is 3.94. The molecule has 2 aromatic rings. The number of nitrogens with zero attached hydrogens (tertiary/aromatic N) is 1. The van der Waals surface area contributed by atoms with Crippen LogP contribution in [0.2, 0.25) is 0 Å². The Bertz CT molecular complexity index is 771. The maximum atomic E-state index is 12.6. The van der Waals surface area contributed by atoms with Crippen molar-refractivity contribution in [3.05, 3.63) is 57.2 Å². The number of amides is 2. The zero-order valence-electron chi connectivity index (χ0n) is 13.0. The highest BCUT2D eigenvalue weighted by Gasteiger charge is 2.39. The molecule has 0 spiro atoms. The molecule has 1 saturated heterocycles. The third-order valence-corrected chi connectivity index (χ3v) is 4.66. The first kappa shape index (κ1) is 16.0. The highest BCUT2D eigenvalue weighted by atomic mass is 127. The van der Waals surface area contributed by atoms with Gasteiger partial charge in [0.25, 0.3) is 5.91 Å². The number of nitrogens with one attached hydrogen (secondary N) is 1. The fourth-order valence-electron chi connectivity index (χ4n) is 2.77. The minimum atomic E-state index is -0.511. The van der Waals surface area contributed by atoms with Crippen LogP contribution >= 0.6 is 22.6 Å². The second-order valence-corrected chi connectivity index (χ2v) is 7.01. The number of carbonyl (C=O) groups excluding carboxylic acids is 2. The first-order valence-electron chi connectivity index (χ1n) is 7.42. The Hall–Kier alpha value is -1.89. The van der Waals surface area contributed by atoms with E-state index < -0.39 is 6.04 Å². The van der Waals surface area contributed by atoms with Gasteiger partial charge in [-0.1, -0.05) is 17.7 Å². The molecule has 1 fully saturated rings. The summed E-state index contributed by atoms with van der Waals surface area (Å²) in [7, 11) is 0. The van der Waals surface area contributed by atoms with Gasteiger partial charge >= 0.3 is 0 Å². The molecule has 0 radical (unpaired) electrons. The molecule has 118 valence electrons. The zero-order valence-corrected chi connectivity index (χ0v) is 15.1. The molecule has 1 atom stereocenters. The molecule has 0 unspecified atom stereocenters. The van der Waals surface area contributed by atoms with Crippen LogP contribution < -0.4 is 10.2 Å². The number of rotatable bonds is 3. The fraction of sp³-hybridized carbons (Fsp3) is 0.222. The maximum Gasteiger partial charge on any atom is 0.256 e. The Labute approximate surface area is 149 Å². The van der Waals surface area contributed by atoms with Crippen molar-refractivity contribution < 1.29 is 9.59 Å². The molecule has 0 bridgehead atoms. The van der Waals surface area contributed by atoms with Gasteiger partial charge in [-0.3, -0.25) is 9.59 Å². The highest BCUT2D eigenvalue weighted by Crippen LogP contribution is 2.26. The van der Waals surface area contributed by atoms with E-state index in [0.29, 0.717) is 5.69 Å². The summed E-state index contributed by atoms with van der Waals surface area (Å²) in [6.45, 7) is 4.02. The van der Waals surface area contributed by atoms with Gasteiger partial charge < -0.3 is 5.32 Å². The van der Waals surface area contributed by atoms with E-state index in [0.717, 1.165) is 14.8 Å². The van der Waals surface area contributed by atoms with Crippen LogP contribution in [0.5, 0.6) is 0 Å². The van der Waals surface area contributed by atoms with Gasteiger partial charge in [-0.15, -0.1) is 0 Å². The number of hydrogen-bond donors (Lipinski definition) is 1. The van der Waals surface area contributed by atoms with Crippen molar-refractivity contribution in [1.29, 1.82) is 0 Å². The highest BCUT2D eigenvalue weighted by molar-refractivity contribution is 14.1. The van der Waals surface area contributed by atoms with Crippen molar-refractivity contribution in [3.63, 3.8) is 0 Å². The average molecular weight is 420 g/mol. The molecular weight excluding hydrogens is 403 g/mol. The lowest BCUT2D eigenvalue weighted by Gasteiger charge is -2.17. The monoisotopic (exact) mass is 420 g/mol. The molecule has 0 aliphatic carbocycles. The van der Waals surface area contributed by atoms with E-state index in [9.17, 15) is 9.59 Å². The number of anilines is 2. The van der Waals surface area contributed by atoms with E-state index >= 15 is 0 Å². The SMILES string of the molecule is Cc1ccc(N[C@@H]2CC(=O)N(c3ccc(I)cc3)C2=O)c(C)c1. The average Bonchev–Trinajstić information content (AvgIpc) is 2.78. The summed E-state index contributed by atoms with van der Waals surface area (Å²) in [5, 5.41) is 3.21. The first-order chi connectivity index (χ1) is 11.0. The van der Waals surface area contributed by atoms with E-state index in [1.807, 2.05) is 38.1 Å². The van der Waals surface area contributed by atoms with E-state index in [4.69, 9.17) is 0 Å². The molecule has 1 aliphatic rings. The minimum Gasteiger partial charge on any atom is -0.373 e. The largest absolute Gasteiger partial charge is 0.373 e. The van der Waals surface area contributed by atoms with Crippen molar-refractivity contribution in [2.75, 3.05) is 10.2 Å². The number of benzene rings is 2. The maximum absolute atomic E-state index is 12.6. The van der Waals surface area contributed by atoms with E-state index in [1.54, 1.807) is 12.1 Å². The molecule has 23 heavy (non-hydrogen) atoms. The zero-order chi connectivity index (χ0) is 16.6. The Morgan fingerprint density at radius 1 is 1.09 bits per heavy atom. The summed E-state index contributed by atoms with van der Waals surface area (Å²) < 4.78 is 1.07. The fourth-order valence-corrected chi connectivity index (χ4v) is 3.13. The molecule has 3 rings (SSSR count). The number of carbonyl (C=O) groups is 2. The van der Waals surface area contributed by atoms with Crippen LogP contribution in [0, 0.1) is 17.4 Å². The van der Waals surface area contributed by atoms with Crippen LogP contribution in [-0.4, -0.2) is 17.9 Å². The predicted molar refractivity (Wildman–Crippen MR) is 99.6 cm³/mol. The predicted octanol–water partition coefficient (Wildman–Crippen LogP) is 3.65. The molecule has 1 aliphatic heterocycles. The second-order valence-electron chi connectivity index (χ2n) is 5.76. The lowest BCUT2D eigenvalue weighted by atomic mass is 10.1. The molecule has 0 saturated carbocycles.